The number of ether oxygens (including phenoxy) is 1. The van der Waals surface area contributed by atoms with Crippen LogP contribution in [0, 0.1) is 5.92 Å². The van der Waals surface area contributed by atoms with Gasteiger partial charge in [0.25, 0.3) is 0 Å². The van der Waals surface area contributed by atoms with Crippen molar-refractivity contribution in [1.82, 2.24) is 4.98 Å². The van der Waals surface area contributed by atoms with Crippen molar-refractivity contribution in [3.05, 3.63) is 24.0 Å². The molecule has 1 unspecified atom stereocenters. The molecule has 1 N–H and O–H groups in total. The van der Waals surface area contributed by atoms with Crippen LogP contribution in [0.3, 0.4) is 0 Å². The number of carbonyl (C=O) groups is 2. The van der Waals surface area contributed by atoms with Crippen LogP contribution in [0.4, 0.5) is 0 Å². The zero-order chi connectivity index (χ0) is 10.6. The second-order valence-electron chi connectivity index (χ2n) is 2.93. The molecule has 0 aliphatic rings. The van der Waals surface area contributed by atoms with Gasteiger partial charge in [0.15, 0.2) is 5.78 Å². The Morgan fingerprint density at radius 3 is 2.71 bits per heavy atom. The standard InChI is InChI=1S/C10H13NO3/c1-3-7(10(13)14-2)9(12)8-5-4-6-11-8/h4-7,11H,3H2,1-2H3. The highest BCUT2D eigenvalue weighted by atomic mass is 16.5. The second-order valence-corrected chi connectivity index (χ2v) is 2.93. The molecule has 0 bridgehead atoms. The maximum atomic E-state index is 11.7. The lowest BCUT2D eigenvalue weighted by Crippen LogP contribution is -2.24. The highest BCUT2D eigenvalue weighted by Crippen LogP contribution is 2.12. The van der Waals surface area contributed by atoms with Gasteiger partial charge in [0, 0.05) is 6.20 Å². The van der Waals surface area contributed by atoms with Gasteiger partial charge in [0.2, 0.25) is 0 Å². The zero-order valence-electron chi connectivity index (χ0n) is 8.24. The fraction of sp³-hybridized carbons (Fsp3) is 0.400. The summed E-state index contributed by atoms with van der Waals surface area (Å²) in [5.41, 5.74) is 0.447. The van der Waals surface area contributed by atoms with Gasteiger partial charge in [-0.25, -0.2) is 0 Å². The first kappa shape index (κ1) is 10.5. The molecule has 0 saturated heterocycles. The van der Waals surface area contributed by atoms with Crippen LogP contribution in [0.1, 0.15) is 23.8 Å². The largest absolute Gasteiger partial charge is 0.468 e. The number of hydrogen-bond donors (Lipinski definition) is 1. The fourth-order valence-electron chi connectivity index (χ4n) is 1.27. The average molecular weight is 195 g/mol. The van der Waals surface area contributed by atoms with E-state index >= 15 is 0 Å². The molecule has 1 heterocycles. The molecule has 1 aromatic heterocycles. The van der Waals surface area contributed by atoms with Gasteiger partial charge in [-0.15, -0.1) is 0 Å². The summed E-state index contributed by atoms with van der Waals surface area (Å²) in [6.45, 7) is 1.78. The van der Waals surface area contributed by atoms with Gasteiger partial charge < -0.3 is 9.72 Å². The molecule has 0 amide bonds. The van der Waals surface area contributed by atoms with E-state index in [4.69, 9.17) is 0 Å². The van der Waals surface area contributed by atoms with Gasteiger partial charge in [-0.05, 0) is 18.6 Å². The highest BCUT2D eigenvalue weighted by Gasteiger charge is 2.26. The summed E-state index contributed by atoms with van der Waals surface area (Å²) in [4.78, 5) is 25.7. The van der Waals surface area contributed by atoms with Crippen molar-refractivity contribution in [1.29, 1.82) is 0 Å². The van der Waals surface area contributed by atoms with Crippen molar-refractivity contribution in [2.75, 3.05) is 7.11 Å². The van der Waals surface area contributed by atoms with Crippen molar-refractivity contribution in [2.24, 2.45) is 5.92 Å². The summed E-state index contributed by atoms with van der Waals surface area (Å²) in [6.07, 6.45) is 2.10. The van der Waals surface area contributed by atoms with E-state index in [1.165, 1.54) is 7.11 Å². The van der Waals surface area contributed by atoms with Crippen molar-refractivity contribution in [3.63, 3.8) is 0 Å². The third-order valence-corrected chi connectivity index (χ3v) is 2.07. The molecule has 1 rings (SSSR count). The third kappa shape index (κ3) is 2.02. The third-order valence-electron chi connectivity index (χ3n) is 2.07. The summed E-state index contributed by atoms with van der Waals surface area (Å²) in [7, 11) is 1.28. The molecule has 4 nitrogen and oxygen atoms in total. The molecule has 76 valence electrons. The summed E-state index contributed by atoms with van der Waals surface area (Å²) in [5.74, 6) is -1.39. The Bertz CT molecular complexity index is 316. The zero-order valence-corrected chi connectivity index (χ0v) is 8.24. The van der Waals surface area contributed by atoms with Crippen LogP contribution >= 0.6 is 0 Å². The van der Waals surface area contributed by atoms with Gasteiger partial charge in [0.05, 0.1) is 12.8 Å². The fourth-order valence-corrected chi connectivity index (χ4v) is 1.27. The number of ketones is 1. The molecule has 0 spiro atoms. The van der Waals surface area contributed by atoms with Gasteiger partial charge in [-0.1, -0.05) is 6.92 Å². The molecular formula is C10H13NO3. The van der Waals surface area contributed by atoms with Crippen LogP contribution in [0.15, 0.2) is 18.3 Å². The number of carbonyl (C=O) groups excluding carboxylic acids is 2. The first-order valence-corrected chi connectivity index (χ1v) is 4.46. The predicted octanol–water partition coefficient (Wildman–Crippen LogP) is 1.40. The van der Waals surface area contributed by atoms with Crippen LogP contribution in [0.5, 0.6) is 0 Å². The lowest BCUT2D eigenvalue weighted by atomic mass is 9.99. The van der Waals surface area contributed by atoms with E-state index in [1.807, 2.05) is 0 Å². The lowest BCUT2D eigenvalue weighted by molar-refractivity contribution is -0.143. The van der Waals surface area contributed by atoms with Gasteiger partial charge in [0.1, 0.15) is 5.92 Å². The Balaban J connectivity index is 2.81. The molecule has 1 aromatic rings. The molecule has 14 heavy (non-hydrogen) atoms. The summed E-state index contributed by atoms with van der Waals surface area (Å²) < 4.78 is 4.55. The predicted molar refractivity (Wildman–Crippen MR) is 50.9 cm³/mol. The SMILES string of the molecule is CCC(C(=O)OC)C(=O)c1ccc[nH]1. The maximum absolute atomic E-state index is 11.7. The van der Waals surface area contributed by atoms with E-state index in [2.05, 4.69) is 9.72 Å². The van der Waals surface area contributed by atoms with Crippen LogP contribution in [0.25, 0.3) is 0 Å². The molecule has 0 aromatic carbocycles. The number of H-pyrrole nitrogens is 1. The maximum Gasteiger partial charge on any atom is 0.316 e. The number of nitrogens with one attached hydrogen (secondary N) is 1. The quantitative estimate of drug-likeness (QED) is 0.448. The summed E-state index contributed by atoms with van der Waals surface area (Å²) in [6, 6.07) is 3.37. The molecule has 0 aliphatic carbocycles. The van der Waals surface area contributed by atoms with Gasteiger partial charge in [-0.3, -0.25) is 9.59 Å². The van der Waals surface area contributed by atoms with Crippen LogP contribution in [-0.2, 0) is 9.53 Å². The van der Waals surface area contributed by atoms with Crippen molar-refractivity contribution in [3.8, 4) is 0 Å². The molecule has 0 fully saturated rings. The Hall–Kier alpha value is -1.58. The minimum atomic E-state index is -0.696. The van der Waals surface area contributed by atoms with Crippen molar-refractivity contribution >= 4 is 11.8 Å². The number of aromatic nitrogens is 1. The smallest absolute Gasteiger partial charge is 0.316 e. The number of methoxy groups -OCH3 is 1. The Kier molecular flexibility index (Phi) is 3.45. The molecule has 4 heteroatoms. The van der Waals surface area contributed by atoms with Crippen LogP contribution in [0.2, 0.25) is 0 Å². The molecule has 1 atom stereocenters. The Labute approximate surface area is 82.3 Å². The van der Waals surface area contributed by atoms with E-state index in [0.717, 1.165) is 0 Å². The molecule has 0 saturated carbocycles. The minimum absolute atomic E-state index is 0.218. The average Bonchev–Trinajstić information content (AvgIpc) is 2.71. The monoisotopic (exact) mass is 195 g/mol. The first-order valence-electron chi connectivity index (χ1n) is 4.46. The number of aromatic amines is 1. The van der Waals surface area contributed by atoms with Crippen LogP contribution < -0.4 is 0 Å². The first-order chi connectivity index (χ1) is 6.70. The normalized spacial score (nSPS) is 12.1. The number of esters is 1. The molecular weight excluding hydrogens is 182 g/mol. The Morgan fingerprint density at radius 2 is 2.29 bits per heavy atom. The Morgan fingerprint density at radius 1 is 1.57 bits per heavy atom. The van der Waals surface area contributed by atoms with Crippen LogP contribution in [-0.4, -0.2) is 23.8 Å². The van der Waals surface area contributed by atoms with Crippen molar-refractivity contribution in [2.45, 2.75) is 13.3 Å². The van der Waals surface area contributed by atoms with E-state index in [1.54, 1.807) is 25.3 Å². The van der Waals surface area contributed by atoms with Crippen molar-refractivity contribution < 1.29 is 14.3 Å². The topological polar surface area (TPSA) is 59.2 Å². The van der Waals surface area contributed by atoms with E-state index in [9.17, 15) is 9.59 Å². The van der Waals surface area contributed by atoms with E-state index in [0.29, 0.717) is 12.1 Å². The number of Topliss-reactive ketones (excluding diaryl/α,β-unsaturated/α-hetero) is 1. The van der Waals surface area contributed by atoms with E-state index in [-0.39, 0.29) is 5.78 Å². The minimum Gasteiger partial charge on any atom is -0.468 e. The van der Waals surface area contributed by atoms with Gasteiger partial charge in [-0.2, -0.15) is 0 Å². The number of rotatable bonds is 4. The lowest BCUT2D eigenvalue weighted by Gasteiger charge is -2.09. The van der Waals surface area contributed by atoms with Gasteiger partial charge >= 0.3 is 5.97 Å². The second kappa shape index (κ2) is 4.60. The summed E-state index contributed by atoms with van der Waals surface area (Å²) >= 11 is 0. The molecule has 0 aliphatic heterocycles. The molecule has 0 radical (unpaired) electrons. The highest BCUT2D eigenvalue weighted by molar-refractivity contribution is 6.07. The number of hydrogen-bond acceptors (Lipinski definition) is 3. The van der Waals surface area contributed by atoms with E-state index < -0.39 is 11.9 Å². The summed E-state index contributed by atoms with van der Waals surface area (Å²) in [5, 5.41) is 0.